The second kappa shape index (κ2) is 4.80. The highest BCUT2D eigenvalue weighted by Gasteiger charge is 2.30. The molecule has 6 heteroatoms. The van der Waals surface area contributed by atoms with E-state index in [1.54, 1.807) is 0 Å². The Balaban J connectivity index is 2.44. The molecule has 1 fully saturated rings. The van der Waals surface area contributed by atoms with Gasteiger partial charge in [0.2, 0.25) is 0 Å². The van der Waals surface area contributed by atoms with E-state index in [4.69, 9.17) is 15.3 Å². The van der Waals surface area contributed by atoms with Gasteiger partial charge in [0, 0.05) is 20.3 Å². The molecule has 2 aromatic rings. The summed E-state index contributed by atoms with van der Waals surface area (Å²) in [5.74, 6) is -2.89. The fourth-order valence-corrected chi connectivity index (χ4v) is 2.26. The van der Waals surface area contributed by atoms with Crippen molar-refractivity contribution in [2.45, 2.75) is 32.1 Å². The normalized spacial score (nSPS) is 30.6. The van der Waals surface area contributed by atoms with Crippen LogP contribution < -0.4 is 11.3 Å². The zero-order valence-electron chi connectivity index (χ0n) is 17.7. The minimum absolute atomic E-state index is 0.107. The summed E-state index contributed by atoms with van der Waals surface area (Å²) in [6.45, 7) is -2.98. The molecule has 1 aromatic heterocycles. The number of fused-ring (bicyclic) bond motifs is 1. The molecule has 0 saturated heterocycles. The number of carbonyl (C=O) groups is 2. The second-order valence-corrected chi connectivity index (χ2v) is 4.58. The Morgan fingerprint density at radius 2 is 2.33 bits per heavy atom. The van der Waals surface area contributed by atoms with Crippen LogP contribution in [0, 0.1) is 6.85 Å². The van der Waals surface area contributed by atoms with E-state index in [0.29, 0.717) is 4.57 Å². The number of rotatable bonds is 1. The number of hydrogen-bond acceptors (Lipinski definition) is 5. The average Bonchev–Trinajstić information content (AvgIpc) is 2.57. The molecule has 0 spiro atoms. The van der Waals surface area contributed by atoms with Gasteiger partial charge in [-0.1, -0.05) is 6.07 Å². The van der Waals surface area contributed by atoms with Crippen molar-refractivity contribution in [2.75, 3.05) is 5.73 Å². The highest BCUT2D eigenvalue weighted by Crippen LogP contribution is 2.24. The number of nitrogens with zero attached hydrogens (tertiary/aromatic N) is 2. The van der Waals surface area contributed by atoms with Gasteiger partial charge in [-0.3, -0.25) is 19.0 Å². The summed E-state index contributed by atoms with van der Waals surface area (Å²) < 4.78 is 54.9. The summed E-state index contributed by atoms with van der Waals surface area (Å²) >= 11 is 0. The first-order valence-corrected chi connectivity index (χ1v) is 6.08. The van der Waals surface area contributed by atoms with Gasteiger partial charge in [0.05, 0.1) is 24.7 Å². The molecule has 1 saturated carbocycles. The first-order valence-electron chi connectivity index (χ1n) is 9.66. The fraction of sp³-hybridized carbons (Fsp3) is 0.333. The monoisotopic (exact) mass is 292 g/mol. The number of anilines is 1. The van der Waals surface area contributed by atoms with E-state index in [0.717, 1.165) is 0 Å². The third-order valence-corrected chi connectivity index (χ3v) is 3.24. The fourth-order valence-electron chi connectivity index (χ4n) is 2.26. The summed E-state index contributed by atoms with van der Waals surface area (Å²) in [4.78, 5) is 41.3. The Morgan fingerprint density at radius 1 is 1.52 bits per heavy atom. The minimum atomic E-state index is -2.98. The average molecular weight is 292 g/mol. The number of carbonyl (C=O) groups excluding carboxylic acids is 2. The summed E-state index contributed by atoms with van der Waals surface area (Å²) in [5, 5.41) is -0.307. The number of aromatic nitrogens is 2. The maximum Gasteiger partial charge on any atom is 0.264 e. The first kappa shape index (κ1) is 7.49. The lowest BCUT2D eigenvalue weighted by Crippen LogP contribution is -2.36. The van der Waals surface area contributed by atoms with Gasteiger partial charge in [0.25, 0.3) is 5.56 Å². The Labute approximate surface area is 130 Å². The van der Waals surface area contributed by atoms with E-state index in [1.807, 2.05) is 0 Å². The number of Topliss-reactive ketones (excluding diaryl/α,β-unsaturated/α-hetero) is 2. The summed E-state index contributed by atoms with van der Waals surface area (Å²) in [5.41, 5.74) is 4.31. The largest absolute Gasteiger partial charge is 0.398 e. The first-order chi connectivity index (χ1) is 12.8. The predicted molar refractivity (Wildman–Crippen MR) is 78.1 cm³/mol. The number of benzene rings is 1. The maximum absolute atomic E-state index is 13.1. The Bertz CT molecular complexity index is 1080. The third-order valence-electron chi connectivity index (χ3n) is 3.24. The lowest BCUT2D eigenvalue weighted by Gasteiger charge is -2.24. The molecule has 6 nitrogen and oxygen atoms in total. The smallest absolute Gasteiger partial charge is 0.264 e. The zero-order chi connectivity index (χ0) is 21.2. The molecular weight excluding hydrogens is 270 g/mol. The molecule has 0 amide bonds. The molecule has 3 rings (SSSR count). The van der Waals surface area contributed by atoms with Gasteiger partial charge in [0.1, 0.15) is 11.6 Å². The molecule has 21 heavy (non-hydrogen) atoms. The molecule has 108 valence electrons. The molecule has 2 atom stereocenters. The number of nitrogens with two attached hydrogens (primary N) is 1. The Morgan fingerprint density at radius 3 is 3.10 bits per heavy atom. The van der Waals surface area contributed by atoms with Crippen LogP contribution in [0.4, 0.5) is 5.69 Å². The van der Waals surface area contributed by atoms with Gasteiger partial charge in [-0.25, -0.2) is 4.98 Å². The van der Waals surface area contributed by atoms with Crippen LogP contribution in [0.15, 0.2) is 23.0 Å². The molecule has 1 aromatic carbocycles. The molecule has 0 bridgehead atoms. The van der Waals surface area contributed by atoms with Crippen molar-refractivity contribution in [3.8, 4) is 0 Å². The van der Waals surface area contributed by atoms with Crippen molar-refractivity contribution >= 4 is 28.2 Å². The number of aryl methyl sites for hydroxylation is 1. The minimum Gasteiger partial charge on any atom is -0.398 e. The second-order valence-electron chi connectivity index (χ2n) is 4.58. The van der Waals surface area contributed by atoms with Crippen LogP contribution in [-0.2, 0) is 9.59 Å². The van der Waals surface area contributed by atoms with Crippen molar-refractivity contribution < 1.29 is 19.2 Å². The number of ketones is 2. The van der Waals surface area contributed by atoms with E-state index in [-0.39, 0.29) is 22.6 Å². The van der Waals surface area contributed by atoms with Crippen LogP contribution >= 0.6 is 0 Å². The van der Waals surface area contributed by atoms with Gasteiger partial charge in [-0.05, 0) is 25.4 Å². The SMILES string of the molecule is [2H]c1ccc2nc(C([2H])([2H])[2H])n(C3C(=O)CC(=O)C([2H])([2H])C3[2H])c(=O)c2c1N. The van der Waals surface area contributed by atoms with E-state index < -0.39 is 55.0 Å². The van der Waals surface area contributed by atoms with Crippen molar-refractivity contribution in [1.29, 1.82) is 0 Å². The third kappa shape index (κ3) is 2.12. The van der Waals surface area contributed by atoms with Crippen LogP contribution in [0.2, 0.25) is 0 Å². The molecule has 1 aliphatic rings. The molecular formula is C15H15N3O3. The van der Waals surface area contributed by atoms with E-state index in [9.17, 15) is 14.4 Å². The lowest BCUT2D eigenvalue weighted by atomic mass is 9.92. The Kier molecular flexibility index (Phi) is 1.71. The summed E-state index contributed by atoms with van der Waals surface area (Å²) in [6.07, 6.45) is -5.70. The van der Waals surface area contributed by atoms with Crippen LogP contribution in [0.1, 0.15) is 40.7 Å². The number of nitrogen functional groups attached to an aromatic ring is 1. The highest BCUT2D eigenvalue weighted by molar-refractivity contribution is 6.03. The van der Waals surface area contributed by atoms with Crippen LogP contribution in [0.3, 0.4) is 0 Å². The van der Waals surface area contributed by atoms with Gasteiger partial charge in [-0.2, -0.15) is 0 Å². The quantitative estimate of drug-likeness (QED) is 0.628. The molecule has 2 unspecified atom stereocenters. The van der Waals surface area contributed by atoms with Gasteiger partial charge in [-0.15, -0.1) is 0 Å². The molecule has 1 heterocycles. The lowest BCUT2D eigenvalue weighted by molar-refractivity contribution is -0.132. The van der Waals surface area contributed by atoms with Crippen molar-refractivity contribution in [2.24, 2.45) is 0 Å². The van der Waals surface area contributed by atoms with E-state index in [1.165, 1.54) is 12.1 Å². The standard InChI is InChI=1S/C15H15N3O3/c1-8-17-11-4-2-3-10(16)14(11)15(21)18(8)12-6-5-9(19)7-13(12)20/h2-4,12H,5-7,16H2,1H3/i1D3,3D,5D2,6D. The predicted octanol–water partition coefficient (Wildman–Crippen LogP) is 1.15. The van der Waals surface area contributed by atoms with Crippen LogP contribution in [-0.4, -0.2) is 21.1 Å². The number of hydrogen-bond donors (Lipinski definition) is 1. The maximum atomic E-state index is 13.1. The Hall–Kier alpha value is -2.50. The summed E-state index contributed by atoms with van der Waals surface area (Å²) in [6, 6.07) is 0.371. The molecule has 0 radical (unpaired) electrons. The van der Waals surface area contributed by atoms with E-state index in [2.05, 4.69) is 4.98 Å². The van der Waals surface area contributed by atoms with Crippen LogP contribution in [0.5, 0.6) is 0 Å². The van der Waals surface area contributed by atoms with Gasteiger partial charge in [0.15, 0.2) is 5.78 Å². The van der Waals surface area contributed by atoms with Gasteiger partial charge >= 0.3 is 0 Å². The van der Waals surface area contributed by atoms with Crippen molar-refractivity contribution in [3.63, 3.8) is 0 Å². The van der Waals surface area contributed by atoms with Crippen molar-refractivity contribution in [1.82, 2.24) is 9.55 Å². The topological polar surface area (TPSA) is 95.0 Å². The molecule has 1 aliphatic carbocycles. The highest BCUT2D eigenvalue weighted by atomic mass is 16.2. The molecule has 2 N–H and O–H groups in total. The summed E-state index contributed by atoms with van der Waals surface area (Å²) in [7, 11) is 0. The molecule has 0 aliphatic heterocycles. The van der Waals surface area contributed by atoms with Crippen LogP contribution in [0.25, 0.3) is 10.9 Å². The van der Waals surface area contributed by atoms with Gasteiger partial charge < -0.3 is 5.73 Å². The van der Waals surface area contributed by atoms with Crippen molar-refractivity contribution in [3.05, 3.63) is 34.4 Å². The van der Waals surface area contributed by atoms with E-state index >= 15 is 0 Å². The zero-order valence-corrected chi connectivity index (χ0v) is 10.7.